The molecule has 1 aliphatic heterocycles. The van der Waals surface area contributed by atoms with Crippen molar-refractivity contribution in [3.63, 3.8) is 0 Å². The number of esters is 1. The molecule has 1 aliphatic rings. The van der Waals surface area contributed by atoms with Crippen LogP contribution >= 0.6 is 11.8 Å². The van der Waals surface area contributed by atoms with Crippen molar-refractivity contribution in [1.29, 1.82) is 0 Å². The minimum absolute atomic E-state index is 0.155. The fourth-order valence-electron chi connectivity index (χ4n) is 1.27. The number of hydrogen-bond acceptors (Lipinski definition) is 6. The standard InChI is InChI=1S/C10H16N2O4S2/c1-18(2)7-5-16-10(13)8(12(14)15)9-11-4-3-6-17-9/h3-7H2,1-2H3/p+1. The van der Waals surface area contributed by atoms with Gasteiger partial charge < -0.3 is 10.1 Å². The summed E-state index contributed by atoms with van der Waals surface area (Å²) in [5.41, 5.74) is -0.466. The van der Waals surface area contributed by atoms with Crippen LogP contribution in [0.15, 0.2) is 10.7 Å². The Kier molecular flexibility index (Phi) is 6.34. The average molecular weight is 293 g/mol. The van der Waals surface area contributed by atoms with Gasteiger partial charge in [-0.25, -0.2) is 4.79 Å². The zero-order chi connectivity index (χ0) is 13.5. The molecule has 0 radical (unpaired) electrons. The smallest absolute Gasteiger partial charge is 0.412 e. The van der Waals surface area contributed by atoms with Gasteiger partial charge in [-0.1, -0.05) is 0 Å². The van der Waals surface area contributed by atoms with E-state index in [0.29, 0.717) is 11.6 Å². The largest absolute Gasteiger partial charge is 0.452 e. The molecule has 0 atom stereocenters. The fraction of sp³-hybridized carbons (Fsp3) is 0.700. The molecule has 0 aliphatic carbocycles. The molecule has 1 fully saturated rings. The van der Waals surface area contributed by atoms with Crippen LogP contribution in [0.3, 0.4) is 0 Å². The van der Waals surface area contributed by atoms with Crippen LogP contribution in [-0.4, -0.2) is 48.1 Å². The van der Waals surface area contributed by atoms with E-state index in [9.17, 15) is 14.9 Å². The van der Waals surface area contributed by atoms with Crippen molar-refractivity contribution in [3.05, 3.63) is 20.8 Å². The van der Waals surface area contributed by atoms with Crippen molar-refractivity contribution >= 4 is 28.6 Å². The highest BCUT2D eigenvalue weighted by Crippen LogP contribution is 2.22. The van der Waals surface area contributed by atoms with Crippen molar-refractivity contribution in [2.45, 2.75) is 6.42 Å². The molecule has 6 nitrogen and oxygen atoms in total. The maximum atomic E-state index is 11.7. The van der Waals surface area contributed by atoms with Gasteiger partial charge in [-0.05, 0) is 17.3 Å². The van der Waals surface area contributed by atoms with Gasteiger partial charge in [0.1, 0.15) is 12.4 Å². The number of carbonyl (C=O) groups is 1. The van der Waals surface area contributed by atoms with Crippen molar-refractivity contribution in [3.8, 4) is 0 Å². The van der Waals surface area contributed by atoms with Gasteiger partial charge in [0.15, 0.2) is 5.03 Å². The van der Waals surface area contributed by atoms with Gasteiger partial charge in [-0.15, -0.1) is 11.8 Å². The van der Waals surface area contributed by atoms with Gasteiger partial charge in [0.05, 0.1) is 17.4 Å². The summed E-state index contributed by atoms with van der Waals surface area (Å²) in [7, 11) is 0.155. The second kappa shape index (κ2) is 7.52. The van der Waals surface area contributed by atoms with Crippen LogP contribution in [-0.2, 0) is 20.4 Å². The first-order valence-corrected chi connectivity index (χ1v) is 8.68. The molecule has 0 aromatic carbocycles. The summed E-state index contributed by atoms with van der Waals surface area (Å²) >= 11 is 1.30. The van der Waals surface area contributed by atoms with E-state index in [1.54, 1.807) is 0 Å². The summed E-state index contributed by atoms with van der Waals surface area (Å²) in [4.78, 5) is 22.0. The summed E-state index contributed by atoms with van der Waals surface area (Å²) in [6, 6.07) is 0. The Hall–Kier alpha value is -0.890. The molecule has 0 aromatic heterocycles. The van der Waals surface area contributed by atoms with E-state index >= 15 is 0 Å². The van der Waals surface area contributed by atoms with E-state index in [4.69, 9.17) is 4.74 Å². The van der Waals surface area contributed by atoms with Gasteiger partial charge in [-0.3, -0.25) is 10.1 Å². The van der Waals surface area contributed by atoms with Crippen LogP contribution in [0.25, 0.3) is 0 Å². The lowest BCUT2D eigenvalue weighted by molar-refractivity contribution is -0.422. The predicted molar refractivity (Wildman–Crippen MR) is 74.1 cm³/mol. The van der Waals surface area contributed by atoms with Crippen molar-refractivity contribution < 1.29 is 14.5 Å². The normalized spacial score (nSPS) is 18.2. The van der Waals surface area contributed by atoms with Gasteiger partial charge in [0.2, 0.25) is 0 Å². The lowest BCUT2D eigenvalue weighted by Gasteiger charge is -2.15. The molecule has 1 N–H and O–H groups in total. The molecule has 1 saturated heterocycles. The Labute approximate surface area is 113 Å². The second-order valence-corrected chi connectivity index (χ2v) is 7.37. The fourth-order valence-corrected chi connectivity index (χ4v) is 2.68. The quantitative estimate of drug-likeness (QED) is 0.262. The van der Waals surface area contributed by atoms with Crippen LogP contribution in [0.5, 0.6) is 0 Å². The summed E-state index contributed by atoms with van der Waals surface area (Å²) < 4.78 is 4.94. The molecule has 1 rings (SSSR count). The highest BCUT2D eigenvalue weighted by molar-refractivity contribution is 8.03. The highest BCUT2D eigenvalue weighted by atomic mass is 32.2. The molecule has 0 unspecified atom stereocenters. The Morgan fingerprint density at radius 3 is 2.83 bits per heavy atom. The summed E-state index contributed by atoms with van der Waals surface area (Å²) in [5.74, 6) is 0.662. The first-order chi connectivity index (χ1) is 8.52. The van der Waals surface area contributed by atoms with Crippen molar-refractivity contribution in [2.24, 2.45) is 0 Å². The molecular formula is C10H17N2O4S2+. The topological polar surface area (TPSA) is 81.5 Å². The van der Waals surface area contributed by atoms with E-state index in [1.807, 2.05) is 12.5 Å². The molecule has 0 spiro atoms. The Balaban J connectivity index is 2.66. The molecule has 0 saturated carbocycles. The second-order valence-electron chi connectivity index (χ2n) is 3.89. The molecule has 1 heterocycles. The van der Waals surface area contributed by atoms with E-state index in [2.05, 4.69) is 5.32 Å². The maximum absolute atomic E-state index is 11.7. The van der Waals surface area contributed by atoms with E-state index < -0.39 is 16.6 Å². The summed E-state index contributed by atoms with van der Waals surface area (Å²) in [5, 5.41) is 14.1. The first kappa shape index (κ1) is 15.2. The zero-order valence-corrected chi connectivity index (χ0v) is 12.1. The van der Waals surface area contributed by atoms with Gasteiger partial charge in [0, 0.05) is 12.3 Å². The number of nitro groups is 1. The molecule has 0 amide bonds. The molecule has 102 valence electrons. The number of hydrogen-bond donors (Lipinski definition) is 1. The minimum atomic E-state index is -0.845. The lowest BCUT2D eigenvalue weighted by Crippen LogP contribution is -2.27. The Morgan fingerprint density at radius 2 is 2.33 bits per heavy atom. The zero-order valence-electron chi connectivity index (χ0n) is 10.4. The van der Waals surface area contributed by atoms with Crippen LogP contribution in [0.4, 0.5) is 0 Å². The maximum Gasteiger partial charge on any atom is 0.412 e. The third kappa shape index (κ3) is 4.77. The van der Waals surface area contributed by atoms with Crippen LogP contribution in [0, 0.1) is 10.1 Å². The lowest BCUT2D eigenvalue weighted by atomic mass is 10.4. The van der Waals surface area contributed by atoms with Gasteiger partial charge in [-0.2, -0.15) is 0 Å². The molecule has 0 aromatic rings. The van der Waals surface area contributed by atoms with Gasteiger partial charge in [0.25, 0.3) is 0 Å². The van der Waals surface area contributed by atoms with Crippen LogP contribution in [0.2, 0.25) is 0 Å². The number of thioether (sulfide) groups is 1. The number of ether oxygens (including phenoxy) is 1. The Morgan fingerprint density at radius 1 is 1.61 bits per heavy atom. The summed E-state index contributed by atoms with van der Waals surface area (Å²) in [6.07, 6.45) is 4.99. The minimum Gasteiger partial charge on any atom is -0.452 e. The molecular weight excluding hydrogens is 276 g/mol. The molecule has 0 bridgehead atoms. The van der Waals surface area contributed by atoms with E-state index in [-0.39, 0.29) is 17.5 Å². The van der Waals surface area contributed by atoms with E-state index in [0.717, 1.165) is 17.9 Å². The number of carbonyl (C=O) groups excluding carboxylic acids is 1. The predicted octanol–water partition coefficient (Wildman–Crippen LogP) is 0.580. The SMILES string of the molecule is C[S+](C)CCOC(=O)/C(=C1/NCCCS1)[N+](=O)[O-]. The van der Waals surface area contributed by atoms with Crippen molar-refractivity contribution in [2.75, 3.05) is 37.2 Å². The first-order valence-electron chi connectivity index (χ1n) is 5.49. The molecule has 18 heavy (non-hydrogen) atoms. The monoisotopic (exact) mass is 293 g/mol. The van der Waals surface area contributed by atoms with E-state index in [1.165, 1.54) is 11.8 Å². The highest BCUT2D eigenvalue weighted by Gasteiger charge is 2.31. The average Bonchev–Trinajstić information content (AvgIpc) is 2.29. The third-order valence-corrected chi connectivity index (χ3v) is 4.27. The van der Waals surface area contributed by atoms with Crippen LogP contribution < -0.4 is 5.32 Å². The molecule has 8 heteroatoms. The Bertz CT molecular complexity index is 350. The summed E-state index contributed by atoms with van der Waals surface area (Å²) in [6.45, 7) is 0.880. The van der Waals surface area contributed by atoms with Crippen molar-refractivity contribution in [1.82, 2.24) is 5.32 Å². The van der Waals surface area contributed by atoms with Gasteiger partial charge >= 0.3 is 11.7 Å². The number of nitrogens with one attached hydrogen (secondary N) is 1. The third-order valence-electron chi connectivity index (χ3n) is 2.17. The van der Waals surface area contributed by atoms with Crippen LogP contribution in [0.1, 0.15) is 6.42 Å². The number of nitrogens with zero attached hydrogens (tertiary/aromatic N) is 1. The number of rotatable bonds is 5.